The lowest BCUT2D eigenvalue weighted by atomic mass is 9.88. The maximum atomic E-state index is 13.3. The van der Waals surface area contributed by atoms with E-state index in [0.29, 0.717) is 22.9 Å². The number of guanidine groups is 1. The van der Waals surface area contributed by atoms with Crippen molar-refractivity contribution in [1.82, 2.24) is 15.0 Å². The summed E-state index contributed by atoms with van der Waals surface area (Å²) in [6.45, 7) is 0.182. The van der Waals surface area contributed by atoms with E-state index in [0.717, 1.165) is 23.3 Å². The fourth-order valence-corrected chi connectivity index (χ4v) is 6.58. The van der Waals surface area contributed by atoms with Crippen LogP contribution in [0.25, 0.3) is 0 Å². The molecule has 0 radical (unpaired) electrons. The van der Waals surface area contributed by atoms with Crippen molar-refractivity contribution in [2.75, 3.05) is 6.54 Å². The molecule has 0 bridgehead atoms. The largest absolute Gasteiger partial charge is 0.416 e. The summed E-state index contributed by atoms with van der Waals surface area (Å²) in [6, 6.07) is 18.6. The molecule has 2 aliphatic rings. The first-order valence-corrected chi connectivity index (χ1v) is 16.3. The summed E-state index contributed by atoms with van der Waals surface area (Å²) < 4.78 is 94.9. The minimum absolute atomic E-state index is 0.163. The Labute approximate surface area is 251 Å². The third-order valence-electron chi connectivity index (χ3n) is 6.99. The first kappa shape index (κ1) is 30.9. The van der Waals surface area contributed by atoms with Crippen molar-refractivity contribution in [3.8, 4) is 0 Å². The Balaban J connectivity index is 1.51. The summed E-state index contributed by atoms with van der Waals surface area (Å²) in [6.07, 6.45) is -4.09. The second kappa shape index (κ2) is 11.9. The van der Waals surface area contributed by atoms with Crippen LogP contribution in [0.4, 0.5) is 13.2 Å². The smallest absolute Gasteiger partial charge is 0.351 e. The summed E-state index contributed by atoms with van der Waals surface area (Å²) in [7, 11) is -8.44. The third-order valence-corrected chi connectivity index (χ3v) is 9.18. The Bertz CT molecular complexity index is 1750. The molecule has 1 aliphatic heterocycles. The standard InChI is InChI=1S/C27H26ClF3N6O4S2/c28-20-10-6-18(7-11-20)25-24(17-4-2-1-3-5-17)16-37(34-25)26(33-21-14-22(15-21)35-43(32,40)41)36-42(38,39)23-12-8-19(9-13-23)27(29,30)31/h1-13,21-22,24,35H,14-16H2,(H,33,36)(H2,32,40,41)/t21-,22+,24-/m1/s1. The molecule has 16 heteroatoms. The molecule has 3 aromatic rings. The van der Waals surface area contributed by atoms with Gasteiger partial charge in [0.2, 0.25) is 5.96 Å². The Kier molecular flexibility index (Phi) is 8.55. The molecule has 1 fully saturated rings. The fraction of sp³-hybridized carbons (Fsp3) is 0.259. The Morgan fingerprint density at radius 1 is 0.930 bits per heavy atom. The summed E-state index contributed by atoms with van der Waals surface area (Å²) in [4.78, 5) is -0.442. The summed E-state index contributed by atoms with van der Waals surface area (Å²) >= 11 is 6.09. The summed E-state index contributed by atoms with van der Waals surface area (Å²) in [5.74, 6) is -0.467. The minimum atomic E-state index is -4.64. The van der Waals surface area contributed by atoms with Gasteiger partial charge in [-0.1, -0.05) is 54.1 Å². The van der Waals surface area contributed by atoms with Gasteiger partial charge in [-0.25, -0.2) is 10.1 Å². The molecule has 1 saturated carbocycles. The van der Waals surface area contributed by atoms with Gasteiger partial charge in [0.15, 0.2) is 0 Å². The number of nitrogens with two attached hydrogens (primary N) is 1. The van der Waals surface area contributed by atoms with Crippen molar-refractivity contribution in [3.05, 3.63) is 101 Å². The van der Waals surface area contributed by atoms with Crippen molar-refractivity contribution >= 4 is 43.5 Å². The van der Waals surface area contributed by atoms with Gasteiger partial charge >= 0.3 is 6.18 Å². The van der Waals surface area contributed by atoms with Crippen molar-refractivity contribution in [1.29, 1.82) is 0 Å². The van der Waals surface area contributed by atoms with Gasteiger partial charge in [0.25, 0.3) is 20.2 Å². The van der Waals surface area contributed by atoms with Crippen molar-refractivity contribution in [3.63, 3.8) is 0 Å². The third kappa shape index (κ3) is 7.54. The van der Waals surface area contributed by atoms with Crippen LogP contribution in [-0.2, 0) is 26.4 Å². The molecular weight excluding hydrogens is 629 g/mol. The molecule has 1 aliphatic carbocycles. The van der Waals surface area contributed by atoms with Gasteiger partial charge in [0.05, 0.1) is 22.7 Å². The summed E-state index contributed by atoms with van der Waals surface area (Å²) in [5, 5.41) is 14.7. The van der Waals surface area contributed by atoms with Crippen molar-refractivity contribution < 1.29 is 30.0 Å². The maximum absolute atomic E-state index is 13.3. The number of rotatable bonds is 7. The molecule has 4 N–H and O–H groups in total. The molecule has 3 aromatic carbocycles. The molecule has 0 spiro atoms. The Morgan fingerprint density at radius 2 is 1.56 bits per heavy atom. The van der Waals surface area contributed by atoms with Crippen LogP contribution < -0.4 is 15.2 Å². The van der Waals surface area contributed by atoms with E-state index in [1.165, 1.54) is 5.01 Å². The molecule has 0 saturated heterocycles. The average Bonchev–Trinajstić information content (AvgIpc) is 3.37. The van der Waals surface area contributed by atoms with Crippen LogP contribution in [0.15, 0.2) is 93.3 Å². The van der Waals surface area contributed by atoms with Gasteiger partial charge in [0, 0.05) is 23.0 Å². The molecule has 10 nitrogen and oxygen atoms in total. The zero-order chi connectivity index (χ0) is 31.0. The number of hydrazone groups is 1. The highest BCUT2D eigenvalue weighted by Crippen LogP contribution is 2.32. The van der Waals surface area contributed by atoms with Crippen LogP contribution in [0.2, 0.25) is 5.02 Å². The molecular formula is C27H26ClF3N6O4S2. The molecule has 43 heavy (non-hydrogen) atoms. The molecule has 1 atom stereocenters. The van der Waals surface area contributed by atoms with E-state index in [9.17, 15) is 30.0 Å². The van der Waals surface area contributed by atoms with Gasteiger partial charge in [-0.05, 0) is 60.4 Å². The maximum Gasteiger partial charge on any atom is 0.416 e. The number of hydrogen-bond acceptors (Lipinski definition) is 5. The quantitative estimate of drug-likeness (QED) is 0.261. The molecule has 0 aromatic heterocycles. The van der Waals surface area contributed by atoms with Gasteiger partial charge in [-0.3, -0.25) is 0 Å². The highest BCUT2D eigenvalue weighted by atomic mass is 35.5. The van der Waals surface area contributed by atoms with Gasteiger partial charge in [-0.15, -0.1) is 4.40 Å². The van der Waals surface area contributed by atoms with E-state index < -0.39 is 49.0 Å². The van der Waals surface area contributed by atoms with E-state index in [1.54, 1.807) is 24.3 Å². The van der Waals surface area contributed by atoms with Gasteiger partial charge < -0.3 is 5.32 Å². The highest BCUT2D eigenvalue weighted by molar-refractivity contribution is 7.90. The zero-order valence-corrected chi connectivity index (χ0v) is 24.6. The topological polar surface area (TPSA) is 146 Å². The van der Waals surface area contributed by atoms with Crippen LogP contribution in [0.5, 0.6) is 0 Å². The lowest BCUT2D eigenvalue weighted by molar-refractivity contribution is -0.137. The second-order valence-electron chi connectivity index (χ2n) is 10.1. The van der Waals surface area contributed by atoms with E-state index in [4.69, 9.17) is 21.8 Å². The van der Waals surface area contributed by atoms with E-state index in [2.05, 4.69) is 14.4 Å². The van der Waals surface area contributed by atoms with Crippen molar-refractivity contribution in [2.45, 2.75) is 41.9 Å². The van der Waals surface area contributed by atoms with Crippen LogP contribution >= 0.6 is 11.6 Å². The highest BCUT2D eigenvalue weighted by Gasteiger charge is 2.37. The van der Waals surface area contributed by atoms with E-state index in [1.807, 2.05) is 30.3 Å². The SMILES string of the molecule is NS(=O)(=O)N[C@H]1C[C@@H](N/C(=N\S(=O)(=O)c2ccc(C(F)(F)F)cc2)N2C[C@H](c3ccccc3)C(c3ccc(Cl)cc3)=N2)C1. The minimum Gasteiger partial charge on any atom is -0.351 e. The number of sulfonamides is 1. The Morgan fingerprint density at radius 3 is 2.14 bits per heavy atom. The normalized spacial score (nSPS) is 21.3. The first-order valence-electron chi connectivity index (χ1n) is 12.9. The monoisotopic (exact) mass is 654 g/mol. The summed E-state index contributed by atoms with van der Waals surface area (Å²) in [5.41, 5.74) is 1.27. The van der Waals surface area contributed by atoms with Crippen LogP contribution in [-0.4, -0.2) is 52.1 Å². The van der Waals surface area contributed by atoms with Crippen LogP contribution in [0, 0.1) is 0 Å². The average molecular weight is 655 g/mol. The predicted octanol–water partition coefficient (Wildman–Crippen LogP) is 3.82. The van der Waals surface area contributed by atoms with E-state index in [-0.39, 0.29) is 31.3 Å². The Hall–Kier alpha value is -3.50. The second-order valence-corrected chi connectivity index (χ2v) is 13.5. The van der Waals surface area contributed by atoms with Crippen LogP contribution in [0.1, 0.15) is 35.4 Å². The van der Waals surface area contributed by atoms with Crippen LogP contribution in [0.3, 0.4) is 0 Å². The van der Waals surface area contributed by atoms with E-state index >= 15 is 0 Å². The van der Waals surface area contributed by atoms with Gasteiger partial charge in [0.1, 0.15) is 0 Å². The molecule has 228 valence electrons. The number of hydrogen-bond donors (Lipinski definition) is 3. The number of benzene rings is 3. The number of halogens is 4. The first-order chi connectivity index (χ1) is 20.2. The number of alkyl halides is 3. The fourth-order valence-electron chi connectivity index (χ4n) is 4.84. The number of nitrogens with one attached hydrogen (secondary N) is 2. The van der Waals surface area contributed by atoms with Gasteiger partial charge in [-0.2, -0.15) is 39.8 Å². The predicted molar refractivity (Wildman–Crippen MR) is 156 cm³/mol. The molecule has 0 amide bonds. The lowest BCUT2D eigenvalue weighted by Gasteiger charge is -2.37. The zero-order valence-electron chi connectivity index (χ0n) is 22.2. The molecule has 0 unspecified atom stereocenters. The number of nitrogens with zero attached hydrogens (tertiary/aromatic N) is 3. The van der Waals surface area contributed by atoms with Crippen molar-refractivity contribution in [2.24, 2.45) is 14.6 Å². The lowest BCUT2D eigenvalue weighted by Crippen LogP contribution is -2.56. The molecule has 5 rings (SSSR count). The molecule has 1 heterocycles.